The molecule has 10 nitrogen and oxygen atoms in total. The van der Waals surface area contributed by atoms with Gasteiger partial charge in [-0.2, -0.15) is 18.3 Å². The van der Waals surface area contributed by atoms with Gasteiger partial charge in [-0.15, -0.1) is 10.2 Å². The van der Waals surface area contributed by atoms with Gasteiger partial charge in [0.05, 0.1) is 5.39 Å². The van der Waals surface area contributed by atoms with Gasteiger partial charge in [0, 0.05) is 19.6 Å². The normalized spacial score (nSPS) is 14.8. The van der Waals surface area contributed by atoms with E-state index in [1.165, 1.54) is 19.5 Å². The van der Waals surface area contributed by atoms with E-state index in [2.05, 4.69) is 25.6 Å². The van der Waals surface area contributed by atoms with E-state index in [0.29, 0.717) is 11.5 Å². The van der Waals surface area contributed by atoms with Gasteiger partial charge in [-0.3, -0.25) is 18.8 Å². The maximum Gasteiger partial charge on any atom is 0.435 e. The lowest BCUT2D eigenvalue weighted by Gasteiger charge is -2.23. The quantitative estimate of drug-likeness (QED) is 0.428. The first kappa shape index (κ1) is 24.7. The SMILES string of the molecule is CCn1c(=O)c(C(=O)Nc2cccc(-c3nncn3C3CCCCC3)n2)cc2c(C(F)(F)F)nn(C)c21. The summed E-state index contributed by atoms with van der Waals surface area (Å²) >= 11 is 0. The Labute approximate surface area is 209 Å². The summed E-state index contributed by atoms with van der Waals surface area (Å²) in [6.07, 6.45) is 2.39. The van der Waals surface area contributed by atoms with Crippen molar-refractivity contribution in [2.75, 3.05) is 5.32 Å². The van der Waals surface area contributed by atoms with Gasteiger partial charge >= 0.3 is 6.18 Å². The monoisotopic (exact) mass is 514 g/mol. The van der Waals surface area contributed by atoms with Crippen LogP contribution in [0.5, 0.6) is 0 Å². The molecule has 37 heavy (non-hydrogen) atoms. The van der Waals surface area contributed by atoms with Crippen LogP contribution >= 0.6 is 0 Å². The number of halogens is 3. The largest absolute Gasteiger partial charge is 0.435 e. The van der Waals surface area contributed by atoms with E-state index in [9.17, 15) is 22.8 Å². The molecule has 4 aromatic heterocycles. The number of hydrogen-bond donors (Lipinski definition) is 1. The van der Waals surface area contributed by atoms with Crippen LogP contribution in [0.2, 0.25) is 0 Å². The summed E-state index contributed by atoms with van der Waals surface area (Å²) in [5, 5.41) is 14.0. The van der Waals surface area contributed by atoms with Gasteiger partial charge in [0.25, 0.3) is 11.5 Å². The highest BCUT2D eigenvalue weighted by Crippen LogP contribution is 2.34. The van der Waals surface area contributed by atoms with Gasteiger partial charge in [-0.05, 0) is 38.0 Å². The highest BCUT2D eigenvalue weighted by Gasteiger charge is 2.38. The molecule has 0 unspecified atom stereocenters. The number of nitrogens with one attached hydrogen (secondary N) is 1. The van der Waals surface area contributed by atoms with E-state index in [-0.39, 0.29) is 29.4 Å². The van der Waals surface area contributed by atoms with E-state index < -0.39 is 28.9 Å². The molecular formula is C24H25F3N8O2. The second-order valence-electron chi connectivity index (χ2n) is 9.03. The van der Waals surface area contributed by atoms with Crippen LogP contribution in [-0.2, 0) is 19.8 Å². The van der Waals surface area contributed by atoms with Crippen molar-refractivity contribution in [1.82, 2.24) is 34.1 Å². The van der Waals surface area contributed by atoms with Crippen LogP contribution in [-0.4, -0.2) is 40.0 Å². The van der Waals surface area contributed by atoms with Gasteiger partial charge < -0.3 is 9.88 Å². The Hall–Kier alpha value is -4.03. The number of fused-ring (bicyclic) bond motifs is 1. The molecule has 0 spiro atoms. The van der Waals surface area contributed by atoms with Gasteiger partial charge in [0.2, 0.25) is 0 Å². The zero-order valence-electron chi connectivity index (χ0n) is 20.3. The van der Waals surface area contributed by atoms with Crippen molar-refractivity contribution in [3.05, 3.63) is 52.2 Å². The molecule has 0 bridgehead atoms. The number of nitrogens with zero attached hydrogens (tertiary/aromatic N) is 7. The summed E-state index contributed by atoms with van der Waals surface area (Å²) < 4.78 is 44.9. The highest BCUT2D eigenvalue weighted by molar-refractivity contribution is 6.05. The molecule has 5 rings (SSSR count). The molecule has 4 aromatic rings. The molecule has 0 atom stereocenters. The Morgan fingerprint density at radius 2 is 1.95 bits per heavy atom. The first-order valence-electron chi connectivity index (χ1n) is 12.0. The number of pyridine rings is 2. The van der Waals surface area contributed by atoms with Crippen molar-refractivity contribution in [3.8, 4) is 11.5 Å². The first-order valence-corrected chi connectivity index (χ1v) is 12.0. The Morgan fingerprint density at radius 3 is 2.65 bits per heavy atom. The molecule has 1 amide bonds. The minimum atomic E-state index is -4.76. The average molecular weight is 515 g/mol. The number of hydrogen-bond acceptors (Lipinski definition) is 6. The Balaban J connectivity index is 1.50. The van der Waals surface area contributed by atoms with E-state index in [4.69, 9.17) is 0 Å². The van der Waals surface area contributed by atoms with Crippen LogP contribution in [0.4, 0.5) is 19.0 Å². The average Bonchev–Trinajstić information content (AvgIpc) is 3.49. The minimum absolute atomic E-state index is 0.0152. The predicted octanol–water partition coefficient (Wildman–Crippen LogP) is 4.18. The zero-order valence-corrected chi connectivity index (χ0v) is 20.3. The summed E-state index contributed by atoms with van der Waals surface area (Å²) in [6.45, 7) is 1.66. The maximum absolute atomic E-state index is 13.6. The predicted molar refractivity (Wildman–Crippen MR) is 129 cm³/mol. The zero-order chi connectivity index (χ0) is 26.3. The third-order valence-corrected chi connectivity index (χ3v) is 6.66. The second kappa shape index (κ2) is 9.45. The Morgan fingerprint density at radius 1 is 1.19 bits per heavy atom. The molecule has 0 aliphatic heterocycles. The number of aromatic nitrogens is 7. The molecule has 1 aliphatic carbocycles. The van der Waals surface area contributed by atoms with Gasteiger partial charge in [-0.25, -0.2) is 4.98 Å². The van der Waals surface area contributed by atoms with Crippen molar-refractivity contribution in [2.45, 2.75) is 57.8 Å². The van der Waals surface area contributed by atoms with Crippen LogP contribution in [0.25, 0.3) is 22.6 Å². The van der Waals surface area contributed by atoms with Crippen LogP contribution in [0.15, 0.2) is 35.4 Å². The van der Waals surface area contributed by atoms with Crippen LogP contribution in [0.1, 0.15) is 61.1 Å². The Bertz CT molecular complexity index is 1530. The smallest absolute Gasteiger partial charge is 0.309 e. The lowest BCUT2D eigenvalue weighted by atomic mass is 9.95. The maximum atomic E-state index is 13.6. The number of aryl methyl sites for hydroxylation is 2. The molecule has 1 fully saturated rings. The molecular weight excluding hydrogens is 489 g/mol. The molecule has 0 aromatic carbocycles. The number of anilines is 1. The summed E-state index contributed by atoms with van der Waals surface area (Å²) in [5.41, 5.74) is -1.86. The standard InChI is InChI=1S/C24H25F3N8O2/c1-3-34-22-15(19(24(25,26)27)32-33(22)2)12-16(23(34)37)21(36)30-18-11-7-10-17(29-18)20-31-28-13-35(20)14-8-5-4-6-9-14/h7,10-14H,3-6,8-9H2,1-2H3,(H,29,30,36). The van der Waals surface area contributed by atoms with Gasteiger partial charge in [-0.1, -0.05) is 25.3 Å². The fourth-order valence-electron chi connectivity index (χ4n) is 4.96. The summed E-state index contributed by atoms with van der Waals surface area (Å²) in [5.74, 6) is -0.183. The van der Waals surface area contributed by atoms with E-state index in [0.717, 1.165) is 41.0 Å². The van der Waals surface area contributed by atoms with E-state index in [1.807, 2.05) is 4.57 Å². The lowest BCUT2D eigenvalue weighted by Crippen LogP contribution is -2.30. The van der Waals surface area contributed by atoms with Crippen LogP contribution in [0, 0.1) is 0 Å². The number of amides is 1. The van der Waals surface area contributed by atoms with Gasteiger partial charge in [0.1, 0.15) is 29.0 Å². The van der Waals surface area contributed by atoms with E-state index in [1.54, 1.807) is 25.4 Å². The molecule has 194 valence electrons. The van der Waals surface area contributed by atoms with Crippen molar-refractivity contribution >= 4 is 22.8 Å². The second-order valence-corrected chi connectivity index (χ2v) is 9.03. The van der Waals surface area contributed by atoms with Crippen molar-refractivity contribution < 1.29 is 18.0 Å². The number of carbonyl (C=O) groups excluding carboxylic acids is 1. The summed E-state index contributed by atoms with van der Waals surface area (Å²) in [7, 11) is 1.32. The lowest BCUT2D eigenvalue weighted by molar-refractivity contribution is -0.140. The molecule has 0 saturated heterocycles. The summed E-state index contributed by atoms with van der Waals surface area (Å²) in [6, 6.07) is 6.15. The van der Waals surface area contributed by atoms with Crippen LogP contribution < -0.4 is 10.9 Å². The Kier molecular flexibility index (Phi) is 6.30. The summed E-state index contributed by atoms with van der Waals surface area (Å²) in [4.78, 5) is 30.7. The third-order valence-electron chi connectivity index (χ3n) is 6.66. The molecule has 1 saturated carbocycles. The van der Waals surface area contributed by atoms with Crippen molar-refractivity contribution in [2.24, 2.45) is 7.05 Å². The molecule has 0 radical (unpaired) electrons. The number of rotatable bonds is 5. The number of alkyl halides is 3. The fourth-order valence-corrected chi connectivity index (χ4v) is 4.96. The van der Waals surface area contributed by atoms with E-state index >= 15 is 0 Å². The molecule has 13 heteroatoms. The topological polar surface area (TPSA) is 113 Å². The third kappa shape index (κ3) is 4.49. The molecule has 1 aliphatic rings. The van der Waals surface area contributed by atoms with Gasteiger partial charge in [0.15, 0.2) is 11.5 Å². The van der Waals surface area contributed by atoms with Crippen LogP contribution in [0.3, 0.4) is 0 Å². The fraction of sp³-hybridized carbons (Fsp3) is 0.417. The minimum Gasteiger partial charge on any atom is -0.309 e. The molecule has 1 N–H and O–H groups in total. The number of carbonyl (C=O) groups is 1. The molecule has 4 heterocycles. The highest BCUT2D eigenvalue weighted by atomic mass is 19.4. The van der Waals surface area contributed by atoms with Crippen molar-refractivity contribution in [1.29, 1.82) is 0 Å². The van der Waals surface area contributed by atoms with Crippen molar-refractivity contribution in [3.63, 3.8) is 0 Å². The first-order chi connectivity index (χ1) is 17.7.